The Morgan fingerprint density at radius 2 is 2.10 bits per heavy atom. The molecule has 3 aromatic rings. The summed E-state index contributed by atoms with van der Waals surface area (Å²) in [7, 11) is 0. The number of hydrogen-bond acceptors (Lipinski definition) is 5. The molecule has 0 amide bonds. The topological polar surface area (TPSA) is 63.8 Å². The first-order valence-corrected chi connectivity index (χ1v) is 7.29. The average Bonchev–Trinajstić information content (AvgIpc) is 2.89. The fourth-order valence-corrected chi connectivity index (χ4v) is 2.95. The predicted molar refractivity (Wildman–Crippen MR) is 85.0 cm³/mol. The number of nitrogens with zero attached hydrogens (tertiary/aromatic N) is 2. The molecule has 4 nitrogen and oxygen atoms in total. The minimum Gasteiger partial charge on any atom is -0.398 e. The third kappa shape index (κ3) is 2.32. The number of aromatic nitrogens is 2. The molecule has 1 aromatic carbocycles. The van der Waals surface area contributed by atoms with Crippen LogP contribution in [0.5, 0.6) is 0 Å². The summed E-state index contributed by atoms with van der Waals surface area (Å²) in [6.07, 6.45) is 3.68. The summed E-state index contributed by atoms with van der Waals surface area (Å²) in [5.41, 5.74) is 8.62. The van der Waals surface area contributed by atoms with Crippen LogP contribution in [0.1, 0.15) is 22.9 Å². The Labute approximate surface area is 121 Å². The van der Waals surface area contributed by atoms with Gasteiger partial charge >= 0.3 is 0 Å². The second-order valence-electron chi connectivity index (χ2n) is 4.78. The lowest BCUT2D eigenvalue weighted by molar-refractivity contribution is 0.871. The number of benzene rings is 1. The Morgan fingerprint density at radius 1 is 1.25 bits per heavy atom. The minimum atomic E-state index is 0.141. The molecule has 0 aliphatic carbocycles. The summed E-state index contributed by atoms with van der Waals surface area (Å²) in [5, 5.41) is 5.52. The van der Waals surface area contributed by atoms with E-state index in [4.69, 9.17) is 5.73 Å². The lowest BCUT2D eigenvalue weighted by atomic mass is 10.1. The van der Waals surface area contributed by atoms with Crippen molar-refractivity contribution in [2.45, 2.75) is 19.9 Å². The van der Waals surface area contributed by atoms with Crippen LogP contribution in [0.4, 0.5) is 11.4 Å². The molecule has 1 atom stereocenters. The summed E-state index contributed by atoms with van der Waals surface area (Å²) in [5.74, 6) is 0. The van der Waals surface area contributed by atoms with Crippen LogP contribution in [-0.4, -0.2) is 9.97 Å². The zero-order valence-electron chi connectivity index (χ0n) is 11.4. The van der Waals surface area contributed by atoms with Crippen molar-refractivity contribution in [1.82, 2.24) is 9.97 Å². The van der Waals surface area contributed by atoms with Gasteiger partial charge in [-0.3, -0.25) is 4.98 Å². The van der Waals surface area contributed by atoms with Crippen molar-refractivity contribution in [1.29, 1.82) is 0 Å². The Balaban J connectivity index is 1.97. The maximum Gasteiger partial charge on any atom is 0.115 e. The van der Waals surface area contributed by atoms with Gasteiger partial charge < -0.3 is 11.1 Å². The molecule has 1 unspecified atom stereocenters. The third-order valence-corrected chi connectivity index (χ3v) is 4.28. The third-order valence-electron chi connectivity index (χ3n) is 3.18. The van der Waals surface area contributed by atoms with Crippen molar-refractivity contribution in [2.24, 2.45) is 0 Å². The van der Waals surface area contributed by atoms with Gasteiger partial charge in [0.1, 0.15) is 5.01 Å². The molecule has 3 rings (SSSR count). The van der Waals surface area contributed by atoms with Gasteiger partial charge in [-0.25, -0.2) is 4.98 Å². The number of rotatable bonds is 3. The zero-order chi connectivity index (χ0) is 14.1. The van der Waals surface area contributed by atoms with Crippen LogP contribution in [0.25, 0.3) is 10.9 Å². The molecule has 0 fully saturated rings. The van der Waals surface area contributed by atoms with E-state index >= 15 is 0 Å². The number of aryl methyl sites for hydroxylation is 1. The average molecular weight is 284 g/mol. The Bertz CT molecular complexity index is 750. The van der Waals surface area contributed by atoms with Gasteiger partial charge in [-0.05, 0) is 38.1 Å². The van der Waals surface area contributed by atoms with Gasteiger partial charge in [0.25, 0.3) is 0 Å². The van der Waals surface area contributed by atoms with Crippen molar-refractivity contribution < 1.29 is 0 Å². The minimum absolute atomic E-state index is 0.141. The van der Waals surface area contributed by atoms with E-state index in [9.17, 15) is 0 Å². The highest BCUT2D eigenvalue weighted by Crippen LogP contribution is 2.30. The van der Waals surface area contributed by atoms with Gasteiger partial charge in [0.05, 0.1) is 17.2 Å². The molecule has 2 heterocycles. The second kappa shape index (κ2) is 5.09. The van der Waals surface area contributed by atoms with Crippen LogP contribution in [0.2, 0.25) is 0 Å². The SMILES string of the molecule is Cc1cnc(C(C)Nc2ccc(N)c3cccnc23)s1. The maximum absolute atomic E-state index is 5.99. The monoisotopic (exact) mass is 284 g/mol. The first kappa shape index (κ1) is 12.9. The summed E-state index contributed by atoms with van der Waals surface area (Å²) in [6, 6.07) is 7.91. The van der Waals surface area contributed by atoms with E-state index in [1.54, 1.807) is 17.5 Å². The summed E-state index contributed by atoms with van der Waals surface area (Å²) >= 11 is 1.70. The van der Waals surface area contributed by atoms with E-state index in [0.717, 1.165) is 27.3 Å². The summed E-state index contributed by atoms with van der Waals surface area (Å²) in [6.45, 7) is 4.16. The maximum atomic E-state index is 5.99. The van der Waals surface area contributed by atoms with E-state index in [1.165, 1.54) is 4.88 Å². The highest BCUT2D eigenvalue weighted by Gasteiger charge is 2.12. The van der Waals surface area contributed by atoms with Crippen molar-refractivity contribution >= 4 is 33.6 Å². The predicted octanol–water partition coefficient (Wildman–Crippen LogP) is 3.76. The first-order chi connectivity index (χ1) is 9.65. The number of fused-ring (bicyclic) bond motifs is 1. The van der Waals surface area contributed by atoms with Gasteiger partial charge in [0, 0.05) is 28.3 Å². The standard InChI is InChI=1S/C15H16N4S/c1-9-8-18-15(20-9)10(2)19-13-6-5-12(16)11-4-3-7-17-14(11)13/h3-8,10,19H,16H2,1-2H3. The smallest absolute Gasteiger partial charge is 0.115 e. The van der Waals surface area contributed by atoms with E-state index in [1.807, 2.05) is 30.5 Å². The van der Waals surface area contributed by atoms with Crippen LogP contribution in [-0.2, 0) is 0 Å². The lowest BCUT2D eigenvalue weighted by Crippen LogP contribution is -2.07. The number of nitrogens with two attached hydrogens (primary N) is 1. The molecule has 0 saturated heterocycles. The van der Waals surface area contributed by atoms with Crippen LogP contribution in [0, 0.1) is 6.92 Å². The first-order valence-electron chi connectivity index (χ1n) is 6.47. The number of anilines is 2. The number of thiazole rings is 1. The van der Waals surface area contributed by atoms with E-state index in [0.29, 0.717) is 0 Å². The van der Waals surface area contributed by atoms with Gasteiger partial charge in [-0.2, -0.15) is 0 Å². The molecule has 20 heavy (non-hydrogen) atoms. The molecule has 0 spiro atoms. The fraction of sp³-hybridized carbons (Fsp3) is 0.200. The molecule has 0 aliphatic rings. The molecular weight excluding hydrogens is 268 g/mol. The van der Waals surface area contributed by atoms with Crippen LogP contribution >= 0.6 is 11.3 Å². The molecule has 0 aliphatic heterocycles. The van der Waals surface area contributed by atoms with Crippen LogP contribution in [0.3, 0.4) is 0 Å². The van der Waals surface area contributed by atoms with Gasteiger partial charge in [-0.1, -0.05) is 0 Å². The van der Waals surface area contributed by atoms with Crippen molar-refractivity contribution in [3.05, 3.63) is 46.5 Å². The van der Waals surface area contributed by atoms with Gasteiger partial charge in [0.2, 0.25) is 0 Å². The Kier molecular flexibility index (Phi) is 3.28. The molecule has 5 heteroatoms. The molecule has 0 bridgehead atoms. The second-order valence-corrected chi connectivity index (χ2v) is 6.04. The van der Waals surface area contributed by atoms with Crippen LogP contribution < -0.4 is 11.1 Å². The molecule has 2 aromatic heterocycles. The quantitative estimate of drug-likeness (QED) is 0.719. The summed E-state index contributed by atoms with van der Waals surface area (Å²) < 4.78 is 0. The van der Waals surface area contributed by atoms with Crippen LogP contribution in [0.15, 0.2) is 36.7 Å². The van der Waals surface area contributed by atoms with Crippen molar-refractivity contribution in [3.63, 3.8) is 0 Å². The Morgan fingerprint density at radius 3 is 2.85 bits per heavy atom. The number of hydrogen-bond donors (Lipinski definition) is 2. The number of nitrogen functional groups attached to an aromatic ring is 1. The highest BCUT2D eigenvalue weighted by atomic mass is 32.1. The van der Waals surface area contributed by atoms with Gasteiger partial charge in [0.15, 0.2) is 0 Å². The largest absolute Gasteiger partial charge is 0.398 e. The normalized spacial score (nSPS) is 12.5. The molecule has 3 N–H and O–H groups in total. The van der Waals surface area contributed by atoms with E-state index in [-0.39, 0.29) is 6.04 Å². The zero-order valence-corrected chi connectivity index (χ0v) is 12.2. The van der Waals surface area contributed by atoms with Gasteiger partial charge in [-0.15, -0.1) is 11.3 Å². The molecular formula is C15H16N4S. The fourth-order valence-electron chi connectivity index (χ4n) is 2.18. The molecule has 102 valence electrons. The lowest BCUT2D eigenvalue weighted by Gasteiger charge is -2.15. The summed E-state index contributed by atoms with van der Waals surface area (Å²) in [4.78, 5) is 10.1. The molecule has 0 radical (unpaired) electrons. The van der Waals surface area contributed by atoms with E-state index in [2.05, 4.69) is 29.1 Å². The molecule has 0 saturated carbocycles. The van der Waals surface area contributed by atoms with Crippen molar-refractivity contribution in [2.75, 3.05) is 11.1 Å². The number of nitrogens with one attached hydrogen (secondary N) is 1. The number of pyridine rings is 1. The van der Waals surface area contributed by atoms with Crippen molar-refractivity contribution in [3.8, 4) is 0 Å². The highest BCUT2D eigenvalue weighted by molar-refractivity contribution is 7.11. The van der Waals surface area contributed by atoms with E-state index < -0.39 is 0 Å². The Hall–Kier alpha value is -2.14.